The summed E-state index contributed by atoms with van der Waals surface area (Å²) in [5, 5.41) is 15.2. The molecule has 0 spiro atoms. The average Bonchev–Trinajstić information content (AvgIpc) is 2.90. The molecule has 0 aliphatic rings. The monoisotopic (exact) mass is 606 g/mol. The van der Waals surface area contributed by atoms with Crippen LogP contribution in [0.25, 0.3) is 0 Å². The van der Waals surface area contributed by atoms with Crippen molar-refractivity contribution in [3.63, 3.8) is 0 Å². The van der Waals surface area contributed by atoms with Crippen molar-refractivity contribution in [3.8, 4) is 6.07 Å². The largest absolute Gasteiger partial charge is 0.458 e. The number of benzene rings is 2. The predicted octanol–water partition coefficient (Wildman–Crippen LogP) is 5.09. The smallest absolute Gasteiger partial charge is 0.408 e. The topological polar surface area (TPSA) is 138 Å². The molecule has 10 nitrogen and oxygen atoms in total. The molecule has 0 saturated heterocycles. The Morgan fingerprint density at radius 3 is 1.86 bits per heavy atom. The van der Waals surface area contributed by atoms with E-state index < -0.39 is 59.7 Å². The number of hydrogen-bond donors (Lipinski definition) is 2. The number of carbonyl (C=O) groups is 4. The van der Waals surface area contributed by atoms with Gasteiger partial charge in [0, 0.05) is 6.42 Å². The first kappa shape index (κ1) is 35.8. The highest BCUT2D eigenvalue weighted by Gasteiger charge is 2.38. The van der Waals surface area contributed by atoms with Crippen LogP contribution in [0.2, 0.25) is 0 Å². The van der Waals surface area contributed by atoms with Crippen molar-refractivity contribution >= 4 is 23.9 Å². The first-order chi connectivity index (χ1) is 20.5. The van der Waals surface area contributed by atoms with E-state index in [0.29, 0.717) is 5.56 Å². The van der Waals surface area contributed by atoms with E-state index in [1.807, 2.05) is 50.2 Å². The van der Waals surface area contributed by atoms with Gasteiger partial charge in [0.05, 0.1) is 6.07 Å². The predicted molar refractivity (Wildman–Crippen MR) is 167 cm³/mol. The number of nitriles is 1. The molecule has 0 aliphatic carbocycles. The van der Waals surface area contributed by atoms with E-state index in [1.165, 1.54) is 0 Å². The summed E-state index contributed by atoms with van der Waals surface area (Å²) in [7, 11) is 0. The van der Waals surface area contributed by atoms with Gasteiger partial charge in [-0.3, -0.25) is 9.59 Å². The van der Waals surface area contributed by atoms with Crippen LogP contribution in [0.15, 0.2) is 60.7 Å². The fourth-order valence-electron chi connectivity index (χ4n) is 4.49. The van der Waals surface area contributed by atoms with Crippen LogP contribution in [-0.2, 0) is 30.3 Å². The Hall–Kier alpha value is -4.39. The third kappa shape index (κ3) is 12.1. The Labute approximate surface area is 261 Å². The summed E-state index contributed by atoms with van der Waals surface area (Å²) >= 11 is 0. The van der Waals surface area contributed by atoms with Crippen LogP contribution < -0.4 is 10.6 Å². The molecule has 3 unspecified atom stereocenters. The lowest BCUT2D eigenvalue weighted by molar-refractivity contribution is -0.159. The van der Waals surface area contributed by atoms with Crippen LogP contribution in [0.3, 0.4) is 0 Å². The van der Waals surface area contributed by atoms with E-state index >= 15 is 0 Å². The number of amides is 3. The van der Waals surface area contributed by atoms with Crippen molar-refractivity contribution < 1.29 is 28.7 Å². The van der Waals surface area contributed by atoms with E-state index in [0.717, 1.165) is 10.5 Å². The fourth-order valence-corrected chi connectivity index (χ4v) is 4.49. The summed E-state index contributed by atoms with van der Waals surface area (Å²) in [6, 6.07) is 16.2. The van der Waals surface area contributed by atoms with Crippen LogP contribution in [0.1, 0.15) is 79.0 Å². The number of alkyl carbamates (subject to hydrolysis) is 1. The second-order valence-electron chi connectivity index (χ2n) is 13.1. The highest BCUT2D eigenvalue weighted by Crippen LogP contribution is 2.24. The van der Waals surface area contributed by atoms with Gasteiger partial charge >= 0.3 is 12.1 Å². The third-order valence-electron chi connectivity index (χ3n) is 6.19. The van der Waals surface area contributed by atoms with E-state index in [4.69, 9.17) is 9.47 Å². The molecule has 0 saturated carbocycles. The molecule has 2 aromatic carbocycles. The maximum absolute atomic E-state index is 14.2. The molecule has 10 heteroatoms. The molecule has 44 heavy (non-hydrogen) atoms. The summed E-state index contributed by atoms with van der Waals surface area (Å²) in [5.74, 6) is -1.96. The first-order valence-electron chi connectivity index (χ1n) is 14.8. The molecule has 0 aromatic heterocycles. The number of ether oxygens (including phenoxy) is 2. The summed E-state index contributed by atoms with van der Waals surface area (Å²) in [6.07, 6.45) is -0.412. The molecule has 2 rings (SSSR count). The fraction of sp³-hybridized carbons (Fsp3) is 0.500. The Morgan fingerprint density at radius 1 is 0.818 bits per heavy atom. The Morgan fingerprint density at radius 2 is 1.36 bits per heavy atom. The lowest BCUT2D eigenvalue weighted by atomic mass is 9.98. The van der Waals surface area contributed by atoms with Crippen LogP contribution in [-0.4, -0.2) is 58.6 Å². The molecule has 238 valence electrons. The highest BCUT2D eigenvalue weighted by molar-refractivity contribution is 5.94. The van der Waals surface area contributed by atoms with Crippen LogP contribution >= 0.6 is 0 Å². The summed E-state index contributed by atoms with van der Waals surface area (Å²) in [6.45, 7) is 13.7. The second kappa shape index (κ2) is 15.9. The van der Waals surface area contributed by atoms with Crippen molar-refractivity contribution in [1.82, 2.24) is 15.5 Å². The van der Waals surface area contributed by atoms with E-state index in [9.17, 15) is 24.4 Å². The van der Waals surface area contributed by atoms with Gasteiger partial charge in [0.1, 0.15) is 35.9 Å². The van der Waals surface area contributed by atoms with Gasteiger partial charge in [-0.15, -0.1) is 0 Å². The molecule has 0 heterocycles. The molecule has 3 atom stereocenters. The zero-order valence-corrected chi connectivity index (χ0v) is 27.0. The Bertz CT molecular complexity index is 1290. The Kier molecular flexibility index (Phi) is 12.9. The maximum atomic E-state index is 14.2. The lowest BCUT2D eigenvalue weighted by Gasteiger charge is -2.34. The van der Waals surface area contributed by atoms with Gasteiger partial charge in [-0.2, -0.15) is 5.26 Å². The number of carbonyl (C=O) groups excluding carboxylic acids is 4. The van der Waals surface area contributed by atoms with Crippen molar-refractivity contribution in [2.45, 2.75) is 97.6 Å². The zero-order valence-electron chi connectivity index (χ0n) is 27.0. The summed E-state index contributed by atoms with van der Waals surface area (Å²) < 4.78 is 11.0. The average molecular weight is 607 g/mol. The minimum atomic E-state index is -1.29. The minimum Gasteiger partial charge on any atom is -0.458 e. The highest BCUT2D eigenvalue weighted by atomic mass is 16.6. The summed E-state index contributed by atoms with van der Waals surface area (Å²) in [5.41, 5.74) is -0.389. The standard InChI is InChI=1S/C34H46N4O6/c1-23(2)21-26(37-32(42)44-34(6,7)8)30(40)38(20-19-35)28(25-17-13-10-14-18-25)29(39)36-27(31(41)43-33(3,4)5)22-24-15-11-9-12-16-24/h9-18,23,26-28H,20-22H2,1-8H3,(H,36,39)(H,37,42). The van der Waals surface area contributed by atoms with E-state index in [1.54, 1.807) is 71.9 Å². The normalized spacial score (nSPS) is 13.5. The van der Waals surface area contributed by atoms with Gasteiger partial charge in [0.25, 0.3) is 0 Å². The number of hydrogen-bond acceptors (Lipinski definition) is 7. The van der Waals surface area contributed by atoms with Crippen LogP contribution in [0.4, 0.5) is 4.79 Å². The van der Waals surface area contributed by atoms with E-state index in [2.05, 4.69) is 10.6 Å². The summed E-state index contributed by atoms with van der Waals surface area (Å²) in [4.78, 5) is 55.4. The number of rotatable bonds is 12. The Balaban J connectivity index is 2.53. The lowest BCUT2D eigenvalue weighted by Crippen LogP contribution is -2.55. The van der Waals surface area contributed by atoms with Crippen LogP contribution in [0, 0.1) is 17.2 Å². The molecule has 0 radical (unpaired) electrons. The van der Waals surface area contributed by atoms with Gasteiger partial charge in [-0.25, -0.2) is 9.59 Å². The van der Waals surface area contributed by atoms with Crippen LogP contribution in [0.5, 0.6) is 0 Å². The molecule has 0 aliphatic heterocycles. The number of esters is 1. The minimum absolute atomic E-state index is 0.0192. The maximum Gasteiger partial charge on any atom is 0.408 e. The zero-order chi connectivity index (χ0) is 33.1. The molecule has 2 aromatic rings. The van der Waals surface area contributed by atoms with Gasteiger partial charge in [0.15, 0.2) is 0 Å². The van der Waals surface area contributed by atoms with Gasteiger partial charge in [-0.05, 0) is 65.0 Å². The molecule has 2 N–H and O–H groups in total. The van der Waals surface area contributed by atoms with E-state index in [-0.39, 0.29) is 18.8 Å². The first-order valence-corrected chi connectivity index (χ1v) is 14.8. The molecule has 0 bridgehead atoms. The van der Waals surface area contributed by atoms with Crippen molar-refractivity contribution in [2.24, 2.45) is 5.92 Å². The molecule has 0 fully saturated rings. The quantitative estimate of drug-likeness (QED) is 0.254. The number of nitrogens with zero attached hydrogens (tertiary/aromatic N) is 2. The third-order valence-corrected chi connectivity index (χ3v) is 6.19. The molecular weight excluding hydrogens is 560 g/mol. The van der Waals surface area contributed by atoms with Crippen molar-refractivity contribution in [2.75, 3.05) is 6.54 Å². The van der Waals surface area contributed by atoms with Gasteiger partial charge in [-0.1, -0.05) is 74.5 Å². The van der Waals surface area contributed by atoms with Gasteiger partial charge < -0.3 is 25.0 Å². The van der Waals surface area contributed by atoms with Crippen molar-refractivity contribution in [1.29, 1.82) is 5.26 Å². The second-order valence-corrected chi connectivity index (χ2v) is 13.1. The molecular formula is C34H46N4O6. The van der Waals surface area contributed by atoms with Crippen molar-refractivity contribution in [3.05, 3.63) is 71.8 Å². The molecule has 3 amide bonds. The van der Waals surface area contributed by atoms with Gasteiger partial charge in [0.2, 0.25) is 11.8 Å². The SMILES string of the molecule is CC(C)CC(NC(=O)OC(C)(C)C)C(=O)N(CC#N)C(C(=O)NC(Cc1ccccc1)C(=O)OC(C)(C)C)c1ccccc1. The number of nitrogens with one attached hydrogen (secondary N) is 2.